The highest BCUT2D eigenvalue weighted by molar-refractivity contribution is 5.83. The van der Waals surface area contributed by atoms with E-state index in [0.29, 0.717) is 30.8 Å². The molecule has 2 fully saturated rings. The summed E-state index contributed by atoms with van der Waals surface area (Å²) in [6.45, 7) is 8.83. The molecule has 0 aromatic carbocycles. The van der Waals surface area contributed by atoms with Crippen LogP contribution in [-0.4, -0.2) is 38.5 Å². The average molecular weight is 324 g/mol. The van der Waals surface area contributed by atoms with Crippen molar-refractivity contribution >= 4 is 12.1 Å². The van der Waals surface area contributed by atoms with E-state index in [1.165, 1.54) is 0 Å². The number of rotatable bonds is 7. The van der Waals surface area contributed by atoms with Crippen molar-refractivity contribution < 1.29 is 19.1 Å². The second-order valence-electron chi connectivity index (χ2n) is 8.13. The van der Waals surface area contributed by atoms with Gasteiger partial charge in [-0.05, 0) is 43.9 Å². The maximum atomic E-state index is 12.2. The normalized spacial score (nSPS) is 29.2. The van der Waals surface area contributed by atoms with Crippen molar-refractivity contribution in [1.82, 2.24) is 0 Å². The van der Waals surface area contributed by atoms with E-state index >= 15 is 0 Å². The molecule has 3 atom stereocenters. The molecular weight excluding hydrogens is 292 g/mol. The molecule has 0 bridgehead atoms. The van der Waals surface area contributed by atoms with Crippen molar-refractivity contribution in [2.45, 2.75) is 52.9 Å². The Morgan fingerprint density at radius 2 is 1.78 bits per heavy atom. The van der Waals surface area contributed by atoms with Gasteiger partial charge in [-0.25, -0.2) is 0 Å². The summed E-state index contributed by atoms with van der Waals surface area (Å²) in [6, 6.07) is 0. The van der Waals surface area contributed by atoms with E-state index in [2.05, 4.69) is 6.92 Å². The summed E-state index contributed by atoms with van der Waals surface area (Å²) in [4.78, 5) is 24.0. The summed E-state index contributed by atoms with van der Waals surface area (Å²) in [5, 5.41) is 0. The predicted octanol–water partition coefficient (Wildman–Crippen LogP) is 3.28. The lowest BCUT2D eigenvalue weighted by Crippen LogP contribution is -2.36. The lowest BCUT2D eigenvalue weighted by molar-refractivity contribution is -0.132. The summed E-state index contributed by atoms with van der Waals surface area (Å²) < 4.78 is 11.1. The van der Waals surface area contributed by atoms with Crippen molar-refractivity contribution in [3.8, 4) is 0 Å². The first-order valence-electron chi connectivity index (χ1n) is 9.09. The fourth-order valence-corrected chi connectivity index (χ4v) is 4.18. The maximum absolute atomic E-state index is 12.2. The van der Waals surface area contributed by atoms with Crippen molar-refractivity contribution in [3.63, 3.8) is 0 Å². The molecule has 2 aliphatic rings. The number of ether oxygens (including phenoxy) is 2. The van der Waals surface area contributed by atoms with Crippen LogP contribution in [0.3, 0.4) is 0 Å². The molecule has 2 heterocycles. The third-order valence-electron chi connectivity index (χ3n) is 5.40. The standard InChI is InChI=1S/C19H32O4/c1-14(2)18(21)17-8-16(11-23-12-17)10-19(3,13-20)9-15-4-6-22-7-5-15/h13-17H,4-12H2,1-3H3. The average Bonchev–Trinajstić information content (AvgIpc) is 2.55. The number of hydrogen-bond acceptors (Lipinski definition) is 4. The van der Waals surface area contributed by atoms with Crippen molar-refractivity contribution in [1.29, 1.82) is 0 Å². The highest BCUT2D eigenvalue weighted by atomic mass is 16.5. The molecule has 0 aromatic rings. The van der Waals surface area contributed by atoms with Gasteiger partial charge in [0.15, 0.2) is 0 Å². The van der Waals surface area contributed by atoms with Gasteiger partial charge in [0.05, 0.1) is 6.61 Å². The molecule has 2 aliphatic heterocycles. The van der Waals surface area contributed by atoms with Crippen LogP contribution in [0.25, 0.3) is 0 Å². The summed E-state index contributed by atoms with van der Waals surface area (Å²) >= 11 is 0. The van der Waals surface area contributed by atoms with E-state index in [4.69, 9.17) is 9.47 Å². The molecule has 0 saturated carbocycles. The number of Topliss-reactive ketones (excluding diaryl/α,β-unsaturated/α-hetero) is 1. The molecule has 4 heteroatoms. The number of carbonyl (C=O) groups is 2. The van der Waals surface area contributed by atoms with Crippen LogP contribution in [0, 0.1) is 29.1 Å². The first-order chi connectivity index (χ1) is 10.9. The zero-order valence-corrected chi connectivity index (χ0v) is 14.9. The van der Waals surface area contributed by atoms with Crippen LogP contribution >= 0.6 is 0 Å². The fraction of sp³-hybridized carbons (Fsp3) is 0.895. The Hall–Kier alpha value is -0.740. The van der Waals surface area contributed by atoms with Crippen LogP contribution < -0.4 is 0 Å². The van der Waals surface area contributed by atoms with E-state index in [1.54, 1.807) is 0 Å². The van der Waals surface area contributed by atoms with Gasteiger partial charge >= 0.3 is 0 Å². The molecule has 0 spiro atoms. The zero-order valence-electron chi connectivity index (χ0n) is 14.9. The quantitative estimate of drug-likeness (QED) is 0.674. The molecule has 2 saturated heterocycles. The van der Waals surface area contributed by atoms with Crippen LogP contribution in [0.15, 0.2) is 0 Å². The number of aldehydes is 1. The summed E-state index contributed by atoms with van der Waals surface area (Å²) in [6.07, 6.45) is 5.87. The number of ketones is 1. The summed E-state index contributed by atoms with van der Waals surface area (Å²) in [5.74, 6) is 1.25. The van der Waals surface area contributed by atoms with Crippen LogP contribution in [0.5, 0.6) is 0 Å². The van der Waals surface area contributed by atoms with Gasteiger partial charge in [-0.15, -0.1) is 0 Å². The minimum Gasteiger partial charge on any atom is -0.381 e. The molecule has 132 valence electrons. The Morgan fingerprint density at radius 3 is 2.39 bits per heavy atom. The Bertz CT molecular complexity index is 400. The van der Waals surface area contributed by atoms with E-state index in [1.807, 2.05) is 13.8 Å². The Kier molecular flexibility index (Phi) is 6.78. The molecule has 0 aliphatic carbocycles. The summed E-state index contributed by atoms with van der Waals surface area (Å²) in [5.41, 5.74) is -0.307. The van der Waals surface area contributed by atoms with Gasteiger partial charge in [-0.2, -0.15) is 0 Å². The maximum Gasteiger partial charge on any atom is 0.140 e. The van der Waals surface area contributed by atoms with E-state index in [9.17, 15) is 9.59 Å². The van der Waals surface area contributed by atoms with Crippen LogP contribution in [0.2, 0.25) is 0 Å². The van der Waals surface area contributed by atoms with E-state index in [0.717, 1.165) is 51.6 Å². The SMILES string of the molecule is CC(C)C(=O)C1COCC(CC(C)(C=O)CC2CCOCC2)C1. The van der Waals surface area contributed by atoms with Gasteiger partial charge in [-0.1, -0.05) is 20.8 Å². The first kappa shape index (κ1) is 18.6. The Balaban J connectivity index is 1.91. The molecule has 0 N–H and O–H groups in total. The molecule has 3 unspecified atom stereocenters. The fourth-order valence-electron chi connectivity index (χ4n) is 4.18. The van der Waals surface area contributed by atoms with E-state index in [-0.39, 0.29) is 17.3 Å². The highest BCUT2D eigenvalue weighted by Gasteiger charge is 2.36. The van der Waals surface area contributed by atoms with Crippen LogP contribution in [0.1, 0.15) is 52.9 Å². The topological polar surface area (TPSA) is 52.6 Å². The molecule has 0 amide bonds. The lowest BCUT2D eigenvalue weighted by atomic mass is 9.71. The minimum absolute atomic E-state index is 0.00716. The Labute approximate surface area is 140 Å². The molecule has 2 rings (SSSR count). The number of carbonyl (C=O) groups excluding carboxylic acids is 2. The molecule has 0 radical (unpaired) electrons. The molecular formula is C19H32O4. The second-order valence-corrected chi connectivity index (χ2v) is 8.13. The third kappa shape index (κ3) is 5.39. The van der Waals surface area contributed by atoms with Gasteiger partial charge in [0, 0.05) is 37.1 Å². The zero-order chi connectivity index (χ0) is 16.9. The van der Waals surface area contributed by atoms with Gasteiger partial charge in [0.2, 0.25) is 0 Å². The lowest BCUT2D eigenvalue weighted by Gasteiger charge is -2.36. The van der Waals surface area contributed by atoms with Gasteiger partial charge in [0.25, 0.3) is 0 Å². The second kappa shape index (κ2) is 8.39. The van der Waals surface area contributed by atoms with E-state index < -0.39 is 0 Å². The molecule has 0 aromatic heterocycles. The van der Waals surface area contributed by atoms with Gasteiger partial charge < -0.3 is 14.3 Å². The van der Waals surface area contributed by atoms with Crippen molar-refractivity contribution in [2.75, 3.05) is 26.4 Å². The van der Waals surface area contributed by atoms with Gasteiger partial charge in [0.1, 0.15) is 12.1 Å². The Morgan fingerprint density at radius 1 is 1.13 bits per heavy atom. The third-order valence-corrected chi connectivity index (χ3v) is 5.40. The van der Waals surface area contributed by atoms with Crippen LogP contribution in [-0.2, 0) is 19.1 Å². The highest BCUT2D eigenvalue weighted by Crippen LogP contribution is 2.38. The summed E-state index contributed by atoms with van der Waals surface area (Å²) in [7, 11) is 0. The van der Waals surface area contributed by atoms with Crippen molar-refractivity contribution in [2.24, 2.45) is 29.1 Å². The monoisotopic (exact) mass is 324 g/mol. The largest absolute Gasteiger partial charge is 0.381 e. The van der Waals surface area contributed by atoms with Gasteiger partial charge in [-0.3, -0.25) is 4.79 Å². The van der Waals surface area contributed by atoms with Crippen molar-refractivity contribution in [3.05, 3.63) is 0 Å². The molecule has 23 heavy (non-hydrogen) atoms. The molecule has 4 nitrogen and oxygen atoms in total. The smallest absolute Gasteiger partial charge is 0.140 e. The first-order valence-corrected chi connectivity index (χ1v) is 9.09. The number of hydrogen-bond donors (Lipinski definition) is 0. The van der Waals surface area contributed by atoms with Crippen LogP contribution in [0.4, 0.5) is 0 Å². The minimum atomic E-state index is -0.307. The predicted molar refractivity (Wildman–Crippen MR) is 89.2 cm³/mol.